The molecule has 0 aliphatic carbocycles. The Hall–Kier alpha value is -7.29. The fraction of sp³-hybridized carbons (Fsp3) is 0.261. The molecule has 2 saturated heterocycles. The molecule has 0 spiro atoms. The van der Waals surface area contributed by atoms with E-state index in [0.29, 0.717) is 65.5 Å². The van der Waals surface area contributed by atoms with E-state index in [9.17, 15) is 19.2 Å². The number of benzene rings is 4. The number of aromatic nitrogens is 4. The first kappa shape index (κ1) is 40.5. The fourth-order valence-corrected chi connectivity index (χ4v) is 8.23. The molecule has 14 nitrogen and oxygen atoms in total. The molecule has 0 radical (unpaired) electrons. The van der Waals surface area contributed by atoms with Gasteiger partial charge in [0.25, 0.3) is 11.8 Å². The summed E-state index contributed by atoms with van der Waals surface area (Å²) in [6, 6.07) is 28.2. The molecule has 0 unspecified atom stereocenters. The maximum absolute atomic E-state index is 15.8. The van der Waals surface area contributed by atoms with E-state index >= 15 is 4.39 Å². The summed E-state index contributed by atoms with van der Waals surface area (Å²) in [5.41, 5.74) is 5.23. The quantitative estimate of drug-likeness (QED) is 0.102. The van der Waals surface area contributed by atoms with Gasteiger partial charge in [-0.3, -0.25) is 9.59 Å². The summed E-state index contributed by atoms with van der Waals surface area (Å²) in [5.74, 6) is 0.207. The van der Waals surface area contributed by atoms with Gasteiger partial charge in [-0.05, 0) is 65.6 Å². The van der Waals surface area contributed by atoms with Crippen LogP contribution in [0.2, 0.25) is 0 Å². The molecular formula is C46H45FN8O6. The van der Waals surface area contributed by atoms with Gasteiger partial charge in [-0.25, -0.2) is 23.9 Å². The molecule has 2 aliphatic rings. The van der Waals surface area contributed by atoms with Crippen LogP contribution in [-0.4, -0.2) is 81.0 Å². The van der Waals surface area contributed by atoms with Crippen molar-refractivity contribution in [2.24, 2.45) is 0 Å². The molecule has 2 fully saturated rings. The van der Waals surface area contributed by atoms with E-state index in [4.69, 9.17) is 9.47 Å². The molecule has 2 aromatic heterocycles. The van der Waals surface area contributed by atoms with Gasteiger partial charge >= 0.3 is 12.2 Å². The van der Waals surface area contributed by atoms with Crippen LogP contribution >= 0.6 is 0 Å². The number of methoxy groups -OCH3 is 2. The maximum Gasteiger partial charge on any atom is 0.407 e. The van der Waals surface area contributed by atoms with Crippen molar-refractivity contribution in [3.05, 3.63) is 144 Å². The number of alkyl carbamates (subject to hydrolysis) is 2. The van der Waals surface area contributed by atoms with Gasteiger partial charge < -0.3 is 39.9 Å². The summed E-state index contributed by atoms with van der Waals surface area (Å²) < 4.78 is 25.5. The van der Waals surface area contributed by atoms with Crippen molar-refractivity contribution in [2.45, 2.75) is 49.9 Å². The van der Waals surface area contributed by atoms with E-state index < -0.39 is 30.1 Å². The second-order valence-electron chi connectivity index (χ2n) is 15.0. The zero-order valence-electron chi connectivity index (χ0n) is 33.6. The molecule has 4 heterocycles. The molecule has 4 atom stereocenters. The predicted molar refractivity (Wildman–Crippen MR) is 224 cm³/mol. The Kier molecular flexibility index (Phi) is 11.9. The molecule has 61 heavy (non-hydrogen) atoms. The van der Waals surface area contributed by atoms with Crippen LogP contribution in [0.5, 0.6) is 0 Å². The maximum atomic E-state index is 15.8. The standard InChI is InChI=1S/C46H45FN8O6/c1-60-45(58)52-39(30-11-5-3-6-12-30)43(56)54-23-9-15-37(54)41-48-26-35(50-41)29-19-17-28(18-20-29)32-21-22-33(34(47)25-32)36-27-49-42(51-36)38-16-10-24-55(38)44(57)40(53-46(59)61-2)31-13-7-4-8-14-31/h3-8,11-14,17-22,25-27,37-40H,9-10,15-16,23-24H2,1-2H3,(H,48,50)(H,49,51)(H,52,58)(H,53,59)/t37-,38-,39+,40+/m0/s1. The number of amides is 4. The number of ether oxygens (including phenoxy) is 2. The van der Waals surface area contributed by atoms with Crippen molar-refractivity contribution in [1.82, 2.24) is 40.4 Å². The molecule has 0 bridgehead atoms. The van der Waals surface area contributed by atoms with Gasteiger partial charge in [0.2, 0.25) is 0 Å². The Balaban J connectivity index is 0.946. The lowest BCUT2D eigenvalue weighted by Gasteiger charge is -2.28. The Morgan fingerprint density at radius 1 is 0.639 bits per heavy atom. The van der Waals surface area contributed by atoms with E-state index in [1.807, 2.05) is 54.6 Å². The van der Waals surface area contributed by atoms with Gasteiger partial charge in [0.05, 0.1) is 50.1 Å². The van der Waals surface area contributed by atoms with Crippen LogP contribution in [0.3, 0.4) is 0 Å². The first-order valence-electron chi connectivity index (χ1n) is 20.1. The zero-order valence-corrected chi connectivity index (χ0v) is 33.6. The van der Waals surface area contributed by atoms with Crippen LogP contribution in [0.15, 0.2) is 116 Å². The summed E-state index contributed by atoms with van der Waals surface area (Å²) >= 11 is 0. The lowest BCUT2D eigenvalue weighted by Crippen LogP contribution is -2.42. The van der Waals surface area contributed by atoms with Crippen molar-refractivity contribution in [3.8, 4) is 33.6 Å². The number of nitrogens with one attached hydrogen (secondary N) is 4. The third-order valence-corrected chi connectivity index (χ3v) is 11.3. The summed E-state index contributed by atoms with van der Waals surface area (Å²) in [5, 5.41) is 5.36. The van der Waals surface area contributed by atoms with Gasteiger partial charge in [0.1, 0.15) is 29.5 Å². The second kappa shape index (κ2) is 17.9. The highest BCUT2D eigenvalue weighted by Gasteiger charge is 2.38. The van der Waals surface area contributed by atoms with Crippen molar-refractivity contribution in [2.75, 3.05) is 27.3 Å². The number of aromatic amines is 2. The van der Waals surface area contributed by atoms with Crippen LogP contribution in [0, 0.1) is 5.82 Å². The second-order valence-corrected chi connectivity index (χ2v) is 15.0. The van der Waals surface area contributed by atoms with Gasteiger partial charge in [0, 0.05) is 18.7 Å². The van der Waals surface area contributed by atoms with Crippen LogP contribution < -0.4 is 10.6 Å². The Morgan fingerprint density at radius 2 is 1.10 bits per heavy atom. The number of hydrogen-bond donors (Lipinski definition) is 4. The smallest absolute Gasteiger partial charge is 0.407 e. The van der Waals surface area contributed by atoms with E-state index in [0.717, 1.165) is 29.7 Å². The highest BCUT2D eigenvalue weighted by atomic mass is 19.1. The number of hydrogen-bond acceptors (Lipinski definition) is 8. The zero-order chi connectivity index (χ0) is 42.5. The molecule has 4 N–H and O–H groups in total. The average molecular weight is 825 g/mol. The number of nitrogens with zero attached hydrogens (tertiary/aromatic N) is 4. The molecular weight excluding hydrogens is 780 g/mol. The number of rotatable bonds is 11. The Labute approximate surface area is 351 Å². The highest BCUT2D eigenvalue weighted by Crippen LogP contribution is 2.37. The minimum atomic E-state index is -0.947. The lowest BCUT2D eigenvalue weighted by molar-refractivity contribution is -0.135. The minimum absolute atomic E-state index is 0.247. The van der Waals surface area contributed by atoms with Crippen LogP contribution in [0.4, 0.5) is 14.0 Å². The number of H-pyrrole nitrogens is 2. The van der Waals surface area contributed by atoms with E-state index in [-0.39, 0.29) is 23.9 Å². The summed E-state index contributed by atoms with van der Waals surface area (Å²) in [6.07, 6.45) is 4.79. The molecule has 15 heteroatoms. The van der Waals surface area contributed by atoms with Gasteiger partial charge in [-0.2, -0.15) is 0 Å². The first-order chi connectivity index (χ1) is 29.7. The SMILES string of the molecule is COC(=O)N[C@@H](C(=O)N1CCC[C@H]1c1ncc(-c2ccc(-c3ccc(-c4cnc([C@@H]5CCCN5C(=O)[C@H](NC(=O)OC)c5ccccc5)[nH]4)c(F)c3)cc2)[nH]1)c1ccccc1. The molecule has 4 amide bonds. The molecule has 6 aromatic rings. The largest absolute Gasteiger partial charge is 0.453 e. The summed E-state index contributed by atoms with van der Waals surface area (Å²) in [4.78, 5) is 71.6. The molecule has 312 valence electrons. The first-order valence-corrected chi connectivity index (χ1v) is 20.1. The van der Waals surface area contributed by atoms with Crippen molar-refractivity contribution < 1.29 is 33.0 Å². The predicted octanol–water partition coefficient (Wildman–Crippen LogP) is 7.79. The van der Waals surface area contributed by atoms with Crippen LogP contribution in [0.25, 0.3) is 33.6 Å². The third kappa shape index (κ3) is 8.58. The average Bonchev–Trinajstić information content (AvgIpc) is 4.15. The molecule has 2 aliphatic heterocycles. The third-order valence-electron chi connectivity index (χ3n) is 11.3. The molecule has 8 rings (SSSR count). The van der Waals surface area contributed by atoms with E-state index in [1.54, 1.807) is 64.7 Å². The van der Waals surface area contributed by atoms with Crippen molar-refractivity contribution >= 4 is 24.0 Å². The monoisotopic (exact) mass is 824 g/mol. The van der Waals surface area contributed by atoms with Crippen LogP contribution in [0.1, 0.15) is 72.6 Å². The molecule has 4 aromatic carbocycles. The topological polar surface area (TPSA) is 175 Å². The van der Waals surface area contributed by atoms with Gasteiger partial charge in [-0.1, -0.05) is 91.0 Å². The normalized spacial score (nSPS) is 17.1. The number of carbonyl (C=O) groups is 4. The van der Waals surface area contributed by atoms with E-state index in [2.05, 4.69) is 30.6 Å². The Morgan fingerprint density at radius 3 is 1.59 bits per heavy atom. The van der Waals surface area contributed by atoms with Gasteiger partial charge in [0.15, 0.2) is 0 Å². The van der Waals surface area contributed by atoms with E-state index in [1.165, 1.54) is 20.3 Å². The highest BCUT2D eigenvalue weighted by molar-refractivity contribution is 5.88. The van der Waals surface area contributed by atoms with Crippen molar-refractivity contribution in [1.29, 1.82) is 0 Å². The molecule has 0 saturated carbocycles. The van der Waals surface area contributed by atoms with Crippen LogP contribution in [-0.2, 0) is 19.1 Å². The number of likely N-dealkylation sites (tertiary alicyclic amines) is 2. The Bertz CT molecular complexity index is 2510. The lowest BCUT2D eigenvalue weighted by atomic mass is 10.0. The van der Waals surface area contributed by atoms with Crippen molar-refractivity contribution in [3.63, 3.8) is 0 Å². The number of carbonyl (C=O) groups excluding carboxylic acids is 4. The number of imidazole rings is 2. The minimum Gasteiger partial charge on any atom is -0.453 e. The fourth-order valence-electron chi connectivity index (χ4n) is 8.23. The summed E-state index contributed by atoms with van der Waals surface area (Å²) in [6.45, 7) is 0.993. The summed E-state index contributed by atoms with van der Waals surface area (Å²) in [7, 11) is 2.51. The number of halogens is 1. The van der Waals surface area contributed by atoms with Gasteiger partial charge in [-0.15, -0.1) is 0 Å².